The zero-order chi connectivity index (χ0) is 9.72. The molecule has 0 fully saturated rings. The van der Waals surface area contributed by atoms with Gasteiger partial charge in [-0.15, -0.1) is 0 Å². The molecule has 0 aliphatic carbocycles. The highest BCUT2D eigenvalue weighted by molar-refractivity contribution is 5.86. The van der Waals surface area contributed by atoms with Gasteiger partial charge in [-0.3, -0.25) is 4.79 Å². The maximum atomic E-state index is 11.8. The summed E-state index contributed by atoms with van der Waals surface area (Å²) in [6, 6.07) is 1.54. The van der Waals surface area contributed by atoms with Gasteiger partial charge >= 0.3 is 0 Å². The van der Waals surface area contributed by atoms with Gasteiger partial charge in [-0.25, -0.2) is 8.78 Å². The van der Waals surface area contributed by atoms with Gasteiger partial charge in [0.2, 0.25) is 5.78 Å². The standard InChI is InChI=1S/C7H10F2N2O/c1-11(2)4-5(3-10)6(12)7(8)9/h5,7H,4H2,1-2H3. The SMILES string of the molecule is CN(C)CC(C#N)C(=O)C(F)F. The molecule has 0 aromatic rings. The van der Waals surface area contributed by atoms with Crippen LogP contribution in [0.3, 0.4) is 0 Å². The zero-order valence-corrected chi connectivity index (χ0v) is 6.92. The first-order valence-corrected chi connectivity index (χ1v) is 3.35. The number of nitriles is 1. The number of nitrogens with zero attached hydrogens (tertiary/aromatic N) is 2. The first-order valence-electron chi connectivity index (χ1n) is 3.35. The van der Waals surface area contributed by atoms with E-state index in [1.165, 1.54) is 4.90 Å². The van der Waals surface area contributed by atoms with Crippen molar-refractivity contribution >= 4 is 5.78 Å². The Hall–Kier alpha value is -1.02. The molecular weight excluding hydrogens is 166 g/mol. The second kappa shape index (κ2) is 4.78. The lowest BCUT2D eigenvalue weighted by atomic mass is 10.1. The van der Waals surface area contributed by atoms with Crippen molar-refractivity contribution in [3.8, 4) is 6.07 Å². The fourth-order valence-electron chi connectivity index (χ4n) is 0.712. The Kier molecular flexibility index (Phi) is 4.37. The quantitative estimate of drug-likeness (QED) is 0.627. The van der Waals surface area contributed by atoms with E-state index in [4.69, 9.17) is 5.26 Å². The summed E-state index contributed by atoms with van der Waals surface area (Å²) in [5.41, 5.74) is 0. The number of carbonyl (C=O) groups excluding carboxylic acids is 1. The van der Waals surface area contributed by atoms with Gasteiger partial charge < -0.3 is 4.90 Å². The fourth-order valence-corrected chi connectivity index (χ4v) is 0.712. The Balaban J connectivity index is 4.18. The van der Waals surface area contributed by atoms with Gasteiger partial charge in [0, 0.05) is 6.54 Å². The summed E-state index contributed by atoms with van der Waals surface area (Å²) in [5.74, 6) is -2.52. The third-order valence-electron chi connectivity index (χ3n) is 1.26. The molecule has 68 valence electrons. The number of halogens is 2. The normalized spacial score (nSPS) is 13.1. The van der Waals surface area contributed by atoms with Crippen LogP contribution in [-0.4, -0.2) is 37.7 Å². The minimum absolute atomic E-state index is 0.0413. The van der Waals surface area contributed by atoms with Crippen molar-refractivity contribution in [2.24, 2.45) is 5.92 Å². The summed E-state index contributed by atoms with van der Waals surface area (Å²) in [6.07, 6.45) is -3.05. The van der Waals surface area contributed by atoms with Crippen molar-refractivity contribution in [3.63, 3.8) is 0 Å². The number of ketones is 1. The topological polar surface area (TPSA) is 44.1 Å². The van der Waals surface area contributed by atoms with Gasteiger partial charge in [0.25, 0.3) is 6.43 Å². The van der Waals surface area contributed by atoms with E-state index in [-0.39, 0.29) is 6.54 Å². The van der Waals surface area contributed by atoms with Crippen LogP contribution in [0, 0.1) is 17.2 Å². The first kappa shape index (κ1) is 11.0. The summed E-state index contributed by atoms with van der Waals surface area (Å²) in [5, 5.41) is 8.36. The molecule has 0 saturated carbocycles. The smallest absolute Gasteiger partial charge is 0.297 e. The molecular formula is C7H10F2N2O. The zero-order valence-electron chi connectivity index (χ0n) is 6.92. The Morgan fingerprint density at radius 1 is 1.58 bits per heavy atom. The molecule has 0 aliphatic rings. The predicted molar refractivity (Wildman–Crippen MR) is 38.7 cm³/mol. The molecule has 0 amide bonds. The van der Waals surface area contributed by atoms with Crippen molar-refractivity contribution < 1.29 is 13.6 Å². The molecule has 0 heterocycles. The van der Waals surface area contributed by atoms with Crippen molar-refractivity contribution in [1.82, 2.24) is 4.90 Å². The van der Waals surface area contributed by atoms with Crippen molar-refractivity contribution in [2.45, 2.75) is 6.43 Å². The third kappa shape index (κ3) is 3.39. The van der Waals surface area contributed by atoms with Gasteiger partial charge in [-0.2, -0.15) is 5.26 Å². The van der Waals surface area contributed by atoms with Crippen molar-refractivity contribution in [3.05, 3.63) is 0 Å². The number of Topliss-reactive ketones (excluding diaryl/α,β-unsaturated/α-hetero) is 1. The second-order valence-corrected chi connectivity index (χ2v) is 2.65. The van der Waals surface area contributed by atoms with Crippen LogP contribution < -0.4 is 0 Å². The predicted octanol–water partition coefficient (Wildman–Crippen LogP) is 0.522. The average Bonchev–Trinajstić information content (AvgIpc) is 1.98. The molecule has 0 aromatic heterocycles. The van der Waals surface area contributed by atoms with Crippen LogP contribution in [0.2, 0.25) is 0 Å². The molecule has 0 N–H and O–H groups in total. The average molecular weight is 176 g/mol. The molecule has 0 rings (SSSR count). The second-order valence-electron chi connectivity index (χ2n) is 2.65. The molecule has 0 saturated heterocycles. The van der Waals surface area contributed by atoms with Gasteiger partial charge in [-0.05, 0) is 14.1 Å². The lowest BCUT2D eigenvalue weighted by molar-refractivity contribution is -0.132. The van der Waals surface area contributed by atoms with E-state index < -0.39 is 18.1 Å². The maximum Gasteiger partial charge on any atom is 0.297 e. The maximum absolute atomic E-state index is 11.8. The number of carbonyl (C=O) groups is 1. The number of hydrogen-bond acceptors (Lipinski definition) is 3. The van der Waals surface area contributed by atoms with E-state index in [0.717, 1.165) is 0 Å². The van der Waals surface area contributed by atoms with Crippen molar-refractivity contribution in [1.29, 1.82) is 5.26 Å². The van der Waals surface area contributed by atoms with E-state index in [0.29, 0.717) is 0 Å². The molecule has 0 aromatic carbocycles. The molecule has 0 radical (unpaired) electrons. The highest BCUT2D eigenvalue weighted by atomic mass is 19.3. The van der Waals surface area contributed by atoms with Crippen LogP contribution in [0.5, 0.6) is 0 Å². The Morgan fingerprint density at radius 2 is 2.08 bits per heavy atom. The molecule has 3 nitrogen and oxygen atoms in total. The largest absolute Gasteiger partial charge is 0.308 e. The number of rotatable bonds is 4. The number of alkyl halides is 2. The van der Waals surface area contributed by atoms with Crippen LogP contribution >= 0.6 is 0 Å². The summed E-state index contributed by atoms with van der Waals surface area (Å²) < 4.78 is 23.6. The van der Waals surface area contributed by atoms with E-state index in [9.17, 15) is 13.6 Å². The minimum Gasteiger partial charge on any atom is -0.308 e. The minimum atomic E-state index is -3.05. The molecule has 1 unspecified atom stereocenters. The van der Waals surface area contributed by atoms with E-state index in [1.54, 1.807) is 20.2 Å². The lowest BCUT2D eigenvalue weighted by Crippen LogP contribution is -2.30. The van der Waals surface area contributed by atoms with Gasteiger partial charge in [-0.1, -0.05) is 0 Å². The van der Waals surface area contributed by atoms with Crippen LogP contribution in [0.15, 0.2) is 0 Å². The number of hydrogen-bond donors (Lipinski definition) is 0. The molecule has 0 aliphatic heterocycles. The lowest BCUT2D eigenvalue weighted by Gasteiger charge is -2.12. The molecule has 0 bridgehead atoms. The van der Waals surface area contributed by atoms with E-state index >= 15 is 0 Å². The molecule has 5 heteroatoms. The first-order chi connectivity index (χ1) is 5.49. The van der Waals surface area contributed by atoms with Crippen LogP contribution in [0.25, 0.3) is 0 Å². The van der Waals surface area contributed by atoms with Gasteiger partial charge in [0.1, 0.15) is 5.92 Å². The van der Waals surface area contributed by atoms with Crippen LogP contribution in [0.1, 0.15) is 0 Å². The molecule has 0 spiro atoms. The van der Waals surface area contributed by atoms with Crippen molar-refractivity contribution in [2.75, 3.05) is 20.6 Å². The summed E-state index contributed by atoms with van der Waals surface area (Å²) in [7, 11) is 3.23. The summed E-state index contributed by atoms with van der Waals surface area (Å²) in [4.78, 5) is 12.1. The summed E-state index contributed by atoms with van der Waals surface area (Å²) in [6.45, 7) is 0.0413. The van der Waals surface area contributed by atoms with E-state index in [1.807, 2.05) is 0 Å². The highest BCUT2D eigenvalue weighted by Crippen LogP contribution is 2.06. The fraction of sp³-hybridized carbons (Fsp3) is 0.714. The van der Waals surface area contributed by atoms with Crippen LogP contribution in [0.4, 0.5) is 8.78 Å². The molecule has 12 heavy (non-hydrogen) atoms. The van der Waals surface area contributed by atoms with Gasteiger partial charge in [0.05, 0.1) is 6.07 Å². The monoisotopic (exact) mass is 176 g/mol. The Morgan fingerprint density at radius 3 is 2.33 bits per heavy atom. The van der Waals surface area contributed by atoms with Gasteiger partial charge in [0.15, 0.2) is 0 Å². The Bertz CT molecular complexity index is 198. The summed E-state index contributed by atoms with van der Waals surface area (Å²) >= 11 is 0. The van der Waals surface area contributed by atoms with E-state index in [2.05, 4.69) is 0 Å². The third-order valence-corrected chi connectivity index (χ3v) is 1.26. The highest BCUT2D eigenvalue weighted by Gasteiger charge is 2.26. The molecule has 1 atom stereocenters. The van der Waals surface area contributed by atoms with Crippen LogP contribution in [-0.2, 0) is 4.79 Å². The Labute approximate surface area is 69.6 Å².